The molecule has 84 valence electrons. The van der Waals surface area contributed by atoms with Crippen LogP contribution in [0.3, 0.4) is 0 Å². The van der Waals surface area contributed by atoms with Crippen molar-refractivity contribution in [1.29, 1.82) is 0 Å². The van der Waals surface area contributed by atoms with Crippen molar-refractivity contribution in [3.63, 3.8) is 0 Å². The fourth-order valence-corrected chi connectivity index (χ4v) is 1.71. The Morgan fingerprint density at radius 1 is 1.44 bits per heavy atom. The lowest BCUT2D eigenvalue weighted by Crippen LogP contribution is -1.94. The second kappa shape index (κ2) is 5.14. The number of aromatic amines is 1. The highest BCUT2D eigenvalue weighted by Crippen LogP contribution is 2.23. The number of H-pyrrole nitrogens is 1. The first-order valence-corrected chi connectivity index (χ1v) is 5.55. The molecule has 2 aromatic rings. The Balaban J connectivity index is 2.29. The van der Waals surface area contributed by atoms with Crippen molar-refractivity contribution in [3.05, 3.63) is 41.3 Å². The Morgan fingerprint density at radius 2 is 2.31 bits per heavy atom. The third-order valence-electron chi connectivity index (χ3n) is 2.27. The molecule has 0 spiro atoms. The molecule has 0 fully saturated rings. The maximum atomic E-state index is 5.95. The molecule has 0 saturated carbocycles. The van der Waals surface area contributed by atoms with E-state index in [0.29, 0.717) is 13.2 Å². The number of imidazole rings is 1. The number of aromatic nitrogens is 2. The molecule has 16 heavy (non-hydrogen) atoms. The van der Waals surface area contributed by atoms with Gasteiger partial charge in [0.05, 0.1) is 24.3 Å². The highest BCUT2D eigenvalue weighted by molar-refractivity contribution is 6.30. The first-order chi connectivity index (χ1) is 7.81. The van der Waals surface area contributed by atoms with Gasteiger partial charge in [-0.2, -0.15) is 0 Å². The zero-order valence-corrected chi connectivity index (χ0v) is 9.79. The SMILES string of the molecule is CCOCc1nc[nH]c1-c1cccc(Cl)c1. The summed E-state index contributed by atoms with van der Waals surface area (Å²) < 4.78 is 5.35. The number of hydrogen-bond donors (Lipinski definition) is 1. The van der Waals surface area contributed by atoms with Crippen LogP contribution in [-0.2, 0) is 11.3 Å². The Labute approximate surface area is 99.4 Å². The highest BCUT2D eigenvalue weighted by atomic mass is 35.5. The average molecular weight is 237 g/mol. The molecule has 3 nitrogen and oxygen atoms in total. The van der Waals surface area contributed by atoms with Gasteiger partial charge < -0.3 is 9.72 Å². The molecule has 0 amide bonds. The summed E-state index contributed by atoms with van der Waals surface area (Å²) in [6.45, 7) is 3.16. The number of nitrogens with zero attached hydrogens (tertiary/aromatic N) is 1. The van der Waals surface area contributed by atoms with E-state index in [2.05, 4.69) is 9.97 Å². The summed E-state index contributed by atoms with van der Waals surface area (Å²) >= 11 is 5.95. The molecule has 1 aromatic carbocycles. The molecule has 4 heteroatoms. The molecule has 0 radical (unpaired) electrons. The topological polar surface area (TPSA) is 37.9 Å². The molecule has 0 atom stereocenters. The van der Waals surface area contributed by atoms with Crippen molar-refractivity contribution in [2.75, 3.05) is 6.61 Å². The monoisotopic (exact) mass is 236 g/mol. The van der Waals surface area contributed by atoms with E-state index < -0.39 is 0 Å². The number of ether oxygens (including phenoxy) is 1. The van der Waals surface area contributed by atoms with E-state index >= 15 is 0 Å². The summed E-state index contributed by atoms with van der Waals surface area (Å²) in [5, 5.41) is 0.717. The van der Waals surface area contributed by atoms with Crippen LogP contribution in [0.15, 0.2) is 30.6 Å². The normalized spacial score (nSPS) is 10.6. The minimum Gasteiger partial charge on any atom is -0.375 e. The van der Waals surface area contributed by atoms with Crippen LogP contribution in [0.2, 0.25) is 5.02 Å². The molecular weight excluding hydrogens is 224 g/mol. The molecule has 1 aromatic heterocycles. The van der Waals surface area contributed by atoms with Gasteiger partial charge in [-0.15, -0.1) is 0 Å². The van der Waals surface area contributed by atoms with Crippen LogP contribution in [0, 0.1) is 0 Å². The lowest BCUT2D eigenvalue weighted by atomic mass is 10.1. The summed E-state index contributed by atoms with van der Waals surface area (Å²) in [6, 6.07) is 7.67. The molecule has 0 saturated heterocycles. The van der Waals surface area contributed by atoms with Crippen LogP contribution in [0.1, 0.15) is 12.6 Å². The molecule has 0 aliphatic carbocycles. The van der Waals surface area contributed by atoms with Gasteiger partial charge in [-0.3, -0.25) is 0 Å². The third-order valence-corrected chi connectivity index (χ3v) is 2.51. The fraction of sp³-hybridized carbons (Fsp3) is 0.250. The van der Waals surface area contributed by atoms with E-state index in [9.17, 15) is 0 Å². The molecule has 0 unspecified atom stereocenters. The highest BCUT2D eigenvalue weighted by Gasteiger charge is 2.08. The van der Waals surface area contributed by atoms with Crippen LogP contribution >= 0.6 is 11.6 Å². The van der Waals surface area contributed by atoms with Gasteiger partial charge in [0.15, 0.2) is 0 Å². The lowest BCUT2D eigenvalue weighted by Gasteiger charge is -2.03. The number of hydrogen-bond acceptors (Lipinski definition) is 2. The maximum Gasteiger partial charge on any atom is 0.0929 e. The van der Waals surface area contributed by atoms with Crippen molar-refractivity contribution in [1.82, 2.24) is 9.97 Å². The van der Waals surface area contributed by atoms with Crippen molar-refractivity contribution in [2.45, 2.75) is 13.5 Å². The summed E-state index contributed by atoms with van der Waals surface area (Å²) in [4.78, 5) is 7.34. The van der Waals surface area contributed by atoms with E-state index in [4.69, 9.17) is 16.3 Å². The van der Waals surface area contributed by atoms with Crippen LogP contribution in [0.25, 0.3) is 11.3 Å². The van der Waals surface area contributed by atoms with E-state index in [-0.39, 0.29) is 0 Å². The van der Waals surface area contributed by atoms with Gasteiger partial charge in [-0.25, -0.2) is 4.98 Å². The summed E-state index contributed by atoms with van der Waals surface area (Å²) in [7, 11) is 0. The van der Waals surface area contributed by atoms with Crippen molar-refractivity contribution in [2.24, 2.45) is 0 Å². The minimum atomic E-state index is 0.516. The summed E-state index contributed by atoms with van der Waals surface area (Å²) in [5.74, 6) is 0. The fourth-order valence-electron chi connectivity index (χ4n) is 1.52. The second-order valence-electron chi connectivity index (χ2n) is 3.37. The Bertz CT molecular complexity index is 468. The summed E-state index contributed by atoms with van der Waals surface area (Å²) in [5.41, 5.74) is 2.90. The van der Waals surface area contributed by atoms with Crippen LogP contribution < -0.4 is 0 Å². The smallest absolute Gasteiger partial charge is 0.0929 e. The molecule has 0 aliphatic rings. The predicted octanol–water partition coefficient (Wildman–Crippen LogP) is 3.27. The molecule has 0 bridgehead atoms. The van der Waals surface area contributed by atoms with E-state index in [1.165, 1.54) is 0 Å². The Hall–Kier alpha value is -1.32. The van der Waals surface area contributed by atoms with Crippen LogP contribution in [-0.4, -0.2) is 16.6 Å². The molecule has 0 aliphatic heterocycles. The number of benzene rings is 1. The van der Waals surface area contributed by atoms with Gasteiger partial charge in [-0.1, -0.05) is 23.7 Å². The van der Waals surface area contributed by atoms with Gasteiger partial charge in [0.1, 0.15) is 0 Å². The van der Waals surface area contributed by atoms with E-state index in [1.807, 2.05) is 31.2 Å². The quantitative estimate of drug-likeness (QED) is 0.885. The van der Waals surface area contributed by atoms with E-state index in [1.54, 1.807) is 6.33 Å². The van der Waals surface area contributed by atoms with Crippen LogP contribution in [0.5, 0.6) is 0 Å². The summed E-state index contributed by atoms with van der Waals surface area (Å²) in [6.07, 6.45) is 1.67. The van der Waals surface area contributed by atoms with Crippen molar-refractivity contribution >= 4 is 11.6 Å². The van der Waals surface area contributed by atoms with Gasteiger partial charge >= 0.3 is 0 Å². The zero-order chi connectivity index (χ0) is 11.4. The largest absolute Gasteiger partial charge is 0.375 e. The first kappa shape index (κ1) is 11.2. The molecule has 1 N–H and O–H groups in total. The zero-order valence-electron chi connectivity index (χ0n) is 9.03. The van der Waals surface area contributed by atoms with Gasteiger partial charge in [-0.05, 0) is 19.1 Å². The van der Waals surface area contributed by atoms with Crippen LogP contribution in [0.4, 0.5) is 0 Å². The lowest BCUT2D eigenvalue weighted by molar-refractivity contribution is 0.132. The predicted molar refractivity (Wildman–Crippen MR) is 64.4 cm³/mol. The molecule has 1 heterocycles. The van der Waals surface area contributed by atoms with Gasteiger partial charge in [0.2, 0.25) is 0 Å². The second-order valence-corrected chi connectivity index (χ2v) is 3.81. The average Bonchev–Trinajstić information content (AvgIpc) is 2.74. The van der Waals surface area contributed by atoms with Crippen molar-refractivity contribution in [3.8, 4) is 11.3 Å². The first-order valence-electron chi connectivity index (χ1n) is 5.17. The maximum absolute atomic E-state index is 5.95. The molecular formula is C12H13ClN2O. The van der Waals surface area contributed by atoms with Crippen molar-refractivity contribution < 1.29 is 4.74 Å². The minimum absolute atomic E-state index is 0.516. The Morgan fingerprint density at radius 3 is 3.06 bits per heavy atom. The Kier molecular flexibility index (Phi) is 3.59. The number of rotatable bonds is 4. The number of halogens is 1. The number of nitrogens with one attached hydrogen (secondary N) is 1. The van der Waals surface area contributed by atoms with Gasteiger partial charge in [0.25, 0.3) is 0 Å². The molecule has 2 rings (SSSR count). The van der Waals surface area contributed by atoms with E-state index in [0.717, 1.165) is 22.0 Å². The third kappa shape index (κ3) is 2.43. The standard InChI is InChI=1S/C12H13ClN2O/c1-2-16-7-11-12(15-8-14-11)9-4-3-5-10(13)6-9/h3-6,8H,2,7H2,1H3,(H,14,15). The van der Waals surface area contributed by atoms with Gasteiger partial charge in [0, 0.05) is 17.2 Å².